The largest absolute Gasteiger partial charge is 0.487 e. The molecule has 0 N–H and O–H groups in total. The van der Waals surface area contributed by atoms with Crippen LogP contribution in [0.25, 0.3) is 0 Å². The molecule has 1 aromatic carbocycles. The number of nitrogens with zero attached hydrogens (tertiary/aromatic N) is 2. The molecular weight excluding hydrogens is 284 g/mol. The average molecular weight is 303 g/mol. The van der Waals surface area contributed by atoms with Gasteiger partial charge in [0, 0.05) is 17.8 Å². The molecule has 2 aromatic rings. The fourth-order valence-corrected chi connectivity index (χ4v) is 1.88. The first kappa shape index (κ1) is 15.5. The number of benzene rings is 1. The van der Waals surface area contributed by atoms with Gasteiger partial charge in [-0.3, -0.25) is 4.68 Å². The zero-order valence-electron chi connectivity index (χ0n) is 12.3. The third kappa shape index (κ3) is 4.54. The Kier molecular flexibility index (Phi) is 5.71. The minimum atomic E-state index is 0.344. The Bertz CT molecular complexity index is 622. The van der Waals surface area contributed by atoms with Crippen molar-refractivity contribution < 1.29 is 4.74 Å². The van der Waals surface area contributed by atoms with Crippen LogP contribution in [0.3, 0.4) is 0 Å². The molecule has 2 rings (SSSR count). The lowest BCUT2D eigenvalue weighted by molar-refractivity contribution is 0.298. The summed E-state index contributed by atoms with van der Waals surface area (Å²) in [5.41, 5.74) is 1.87. The van der Waals surface area contributed by atoms with Crippen LogP contribution < -0.4 is 4.74 Å². The second-order valence-corrected chi connectivity index (χ2v) is 5.06. The van der Waals surface area contributed by atoms with Crippen LogP contribution in [0.15, 0.2) is 36.5 Å². The van der Waals surface area contributed by atoms with Crippen molar-refractivity contribution in [2.24, 2.45) is 0 Å². The van der Waals surface area contributed by atoms with Crippen LogP contribution in [0.1, 0.15) is 37.6 Å². The highest BCUT2D eigenvalue weighted by atomic mass is 35.5. The second kappa shape index (κ2) is 7.75. The van der Waals surface area contributed by atoms with Crippen LogP contribution in [0, 0.1) is 11.8 Å². The summed E-state index contributed by atoms with van der Waals surface area (Å²) in [5, 5.41) is 4.51. The Labute approximate surface area is 130 Å². The fraction of sp³-hybridized carbons (Fsp3) is 0.353. The van der Waals surface area contributed by atoms with E-state index in [1.165, 1.54) is 0 Å². The predicted molar refractivity (Wildman–Crippen MR) is 85.6 cm³/mol. The quantitative estimate of drug-likeness (QED) is 0.616. The first-order valence-corrected chi connectivity index (χ1v) is 7.58. The van der Waals surface area contributed by atoms with Crippen molar-refractivity contribution in [3.05, 3.63) is 47.8 Å². The SMILES string of the molecule is CCC(C)n1ccc(COc2ccc(C#CCCl)cc2)n1. The second-order valence-electron chi connectivity index (χ2n) is 4.79. The van der Waals surface area contributed by atoms with Gasteiger partial charge in [-0.25, -0.2) is 0 Å². The lowest BCUT2D eigenvalue weighted by Gasteiger charge is -2.08. The summed E-state index contributed by atoms with van der Waals surface area (Å²) in [7, 11) is 0. The molecule has 0 bridgehead atoms. The lowest BCUT2D eigenvalue weighted by atomic mass is 10.2. The van der Waals surface area contributed by atoms with Gasteiger partial charge in [-0.15, -0.1) is 11.6 Å². The number of aromatic nitrogens is 2. The molecule has 0 radical (unpaired) electrons. The number of halogens is 1. The van der Waals surface area contributed by atoms with Gasteiger partial charge in [-0.05, 0) is 43.7 Å². The van der Waals surface area contributed by atoms with E-state index < -0.39 is 0 Å². The van der Waals surface area contributed by atoms with E-state index in [0.29, 0.717) is 18.5 Å². The van der Waals surface area contributed by atoms with E-state index in [0.717, 1.165) is 23.4 Å². The van der Waals surface area contributed by atoms with E-state index in [4.69, 9.17) is 16.3 Å². The van der Waals surface area contributed by atoms with Crippen molar-refractivity contribution in [2.45, 2.75) is 32.9 Å². The molecule has 4 heteroatoms. The van der Waals surface area contributed by atoms with E-state index in [1.54, 1.807) is 0 Å². The molecule has 1 heterocycles. The molecule has 0 spiro atoms. The molecule has 0 amide bonds. The zero-order valence-corrected chi connectivity index (χ0v) is 13.1. The molecule has 0 aliphatic carbocycles. The van der Waals surface area contributed by atoms with Crippen molar-refractivity contribution in [1.29, 1.82) is 0 Å². The minimum absolute atomic E-state index is 0.344. The Morgan fingerprint density at radius 2 is 2.05 bits per heavy atom. The maximum Gasteiger partial charge on any atom is 0.132 e. The maximum absolute atomic E-state index is 5.73. The van der Waals surface area contributed by atoms with Gasteiger partial charge in [0.1, 0.15) is 12.4 Å². The summed E-state index contributed by atoms with van der Waals surface area (Å²) >= 11 is 5.53. The summed E-state index contributed by atoms with van der Waals surface area (Å²) in [4.78, 5) is 0. The predicted octanol–water partition coefficient (Wildman–Crippen LogP) is 4.02. The number of alkyl halides is 1. The molecule has 110 valence electrons. The first-order chi connectivity index (χ1) is 10.2. The maximum atomic E-state index is 5.73. The van der Waals surface area contributed by atoms with Crippen molar-refractivity contribution in [1.82, 2.24) is 9.78 Å². The topological polar surface area (TPSA) is 27.1 Å². The standard InChI is InChI=1S/C17H19ClN2O/c1-3-14(2)20-12-10-16(19-20)13-21-17-8-6-15(7-9-17)5-4-11-18/h6-10,12,14H,3,11,13H2,1-2H3. The Balaban J connectivity index is 1.92. The molecular formula is C17H19ClN2O. The molecule has 0 aliphatic heterocycles. The van der Waals surface area contributed by atoms with Crippen LogP contribution >= 0.6 is 11.6 Å². The number of hydrogen-bond acceptors (Lipinski definition) is 2. The highest BCUT2D eigenvalue weighted by Crippen LogP contribution is 2.14. The van der Waals surface area contributed by atoms with Gasteiger partial charge in [-0.1, -0.05) is 18.8 Å². The van der Waals surface area contributed by atoms with E-state index in [9.17, 15) is 0 Å². The monoisotopic (exact) mass is 302 g/mol. The van der Waals surface area contributed by atoms with E-state index in [2.05, 4.69) is 30.8 Å². The fourth-order valence-electron chi connectivity index (χ4n) is 1.81. The van der Waals surface area contributed by atoms with Crippen molar-refractivity contribution in [3.63, 3.8) is 0 Å². The highest BCUT2D eigenvalue weighted by Gasteiger charge is 2.05. The Morgan fingerprint density at radius 3 is 2.71 bits per heavy atom. The summed E-state index contributed by atoms with van der Waals surface area (Å²) in [6, 6.07) is 10.1. The van der Waals surface area contributed by atoms with Crippen molar-refractivity contribution >= 4 is 11.6 Å². The molecule has 0 aliphatic rings. The van der Waals surface area contributed by atoms with Crippen LogP contribution in [-0.4, -0.2) is 15.7 Å². The van der Waals surface area contributed by atoms with Crippen LogP contribution in [0.2, 0.25) is 0 Å². The highest BCUT2D eigenvalue weighted by molar-refractivity contribution is 6.19. The Morgan fingerprint density at radius 1 is 1.29 bits per heavy atom. The molecule has 0 saturated heterocycles. The summed E-state index contributed by atoms with van der Waals surface area (Å²) < 4.78 is 7.70. The smallest absolute Gasteiger partial charge is 0.132 e. The number of rotatable bonds is 5. The summed E-state index contributed by atoms with van der Waals surface area (Å²) in [6.07, 6.45) is 3.06. The molecule has 3 nitrogen and oxygen atoms in total. The van der Waals surface area contributed by atoms with Gasteiger partial charge < -0.3 is 4.74 Å². The first-order valence-electron chi connectivity index (χ1n) is 7.04. The number of hydrogen-bond donors (Lipinski definition) is 0. The van der Waals surface area contributed by atoms with Gasteiger partial charge in [0.25, 0.3) is 0 Å². The third-order valence-electron chi connectivity index (χ3n) is 3.25. The van der Waals surface area contributed by atoms with Crippen LogP contribution in [-0.2, 0) is 6.61 Å². The summed E-state index contributed by atoms with van der Waals surface area (Å²) in [6.45, 7) is 4.77. The van der Waals surface area contributed by atoms with Crippen LogP contribution in [0.5, 0.6) is 5.75 Å². The Hall–Kier alpha value is -1.92. The number of ether oxygens (including phenoxy) is 1. The molecule has 1 unspecified atom stereocenters. The van der Waals surface area contributed by atoms with Crippen molar-refractivity contribution in [3.8, 4) is 17.6 Å². The van der Waals surface area contributed by atoms with E-state index >= 15 is 0 Å². The molecule has 0 fully saturated rings. The van der Waals surface area contributed by atoms with Gasteiger partial charge >= 0.3 is 0 Å². The van der Waals surface area contributed by atoms with E-state index in [1.807, 2.05) is 41.2 Å². The van der Waals surface area contributed by atoms with Gasteiger partial charge in [-0.2, -0.15) is 5.10 Å². The molecule has 0 saturated carbocycles. The van der Waals surface area contributed by atoms with Gasteiger partial charge in [0.2, 0.25) is 0 Å². The van der Waals surface area contributed by atoms with Crippen molar-refractivity contribution in [2.75, 3.05) is 5.88 Å². The normalized spacial score (nSPS) is 11.6. The third-order valence-corrected chi connectivity index (χ3v) is 3.38. The minimum Gasteiger partial charge on any atom is -0.487 e. The van der Waals surface area contributed by atoms with Gasteiger partial charge in [0.05, 0.1) is 11.6 Å². The van der Waals surface area contributed by atoms with Gasteiger partial charge in [0.15, 0.2) is 0 Å². The molecule has 21 heavy (non-hydrogen) atoms. The average Bonchev–Trinajstić information content (AvgIpc) is 3.00. The molecule has 1 aromatic heterocycles. The summed E-state index contributed by atoms with van der Waals surface area (Å²) in [5.74, 6) is 6.94. The van der Waals surface area contributed by atoms with E-state index in [-0.39, 0.29) is 0 Å². The zero-order chi connectivity index (χ0) is 15.1. The van der Waals surface area contributed by atoms with Crippen LogP contribution in [0.4, 0.5) is 0 Å². The lowest BCUT2D eigenvalue weighted by Crippen LogP contribution is -2.05. The molecule has 1 atom stereocenters.